The number of hydrogen-bond donors (Lipinski definition) is 0. The molecule has 0 spiro atoms. The van der Waals surface area contributed by atoms with Crippen LogP contribution >= 0.6 is 0 Å². The van der Waals surface area contributed by atoms with Gasteiger partial charge in [0, 0.05) is 17.5 Å². The van der Waals surface area contributed by atoms with Crippen LogP contribution in [0.5, 0.6) is 0 Å². The minimum absolute atomic E-state index is 0.510. The lowest BCUT2D eigenvalue weighted by Gasteiger charge is -2.04. The fourth-order valence-electron chi connectivity index (χ4n) is 1.54. The van der Waals surface area contributed by atoms with Crippen molar-refractivity contribution in [2.24, 2.45) is 10.9 Å². The van der Waals surface area contributed by atoms with Gasteiger partial charge < -0.3 is 0 Å². The Morgan fingerprint density at radius 1 is 1.42 bits per heavy atom. The molecule has 0 amide bonds. The van der Waals surface area contributed by atoms with E-state index in [0.29, 0.717) is 5.92 Å². The maximum atomic E-state index is 4.46. The lowest BCUT2D eigenvalue weighted by molar-refractivity contribution is 0.882. The van der Waals surface area contributed by atoms with Crippen LogP contribution in [0.1, 0.15) is 25.1 Å². The molecule has 0 N–H and O–H groups in total. The molecule has 0 saturated heterocycles. The predicted octanol–water partition coefficient (Wildman–Crippen LogP) is 2.04. The second kappa shape index (κ2) is 2.70. The first-order chi connectivity index (χ1) is 5.79. The fourth-order valence-corrected chi connectivity index (χ4v) is 1.54. The van der Waals surface area contributed by atoms with Crippen molar-refractivity contribution in [1.82, 2.24) is 4.98 Å². The molecule has 1 aliphatic heterocycles. The molecule has 12 heavy (non-hydrogen) atoms. The number of hydrogen-bond acceptors (Lipinski definition) is 2. The highest BCUT2D eigenvalue weighted by Crippen LogP contribution is 2.20. The number of nitrogens with zero attached hydrogens (tertiary/aromatic N) is 2. The Hall–Kier alpha value is -1.18. The third-order valence-corrected chi connectivity index (χ3v) is 2.11. The average Bonchev–Trinajstić information content (AvgIpc) is 2.47. The summed E-state index contributed by atoms with van der Waals surface area (Å²) in [4.78, 5) is 8.73. The van der Waals surface area contributed by atoms with Crippen LogP contribution in [0, 0.1) is 5.92 Å². The van der Waals surface area contributed by atoms with Crippen LogP contribution in [0.4, 0.5) is 0 Å². The summed E-state index contributed by atoms with van der Waals surface area (Å²) in [6.07, 6.45) is 1.83. The monoisotopic (exact) mass is 160 g/mol. The first-order valence-corrected chi connectivity index (χ1v) is 4.27. The Kier molecular flexibility index (Phi) is 1.68. The van der Waals surface area contributed by atoms with Crippen molar-refractivity contribution >= 4 is 5.71 Å². The topological polar surface area (TPSA) is 25.2 Å². The maximum absolute atomic E-state index is 4.46. The summed E-state index contributed by atoms with van der Waals surface area (Å²) in [5.74, 6) is 0.510. The third kappa shape index (κ3) is 1.04. The summed E-state index contributed by atoms with van der Waals surface area (Å²) in [7, 11) is 0. The molecule has 0 radical (unpaired) electrons. The molecule has 0 atom stereocenters. The molecule has 0 aliphatic carbocycles. The predicted molar refractivity (Wildman–Crippen MR) is 49.3 cm³/mol. The first-order valence-electron chi connectivity index (χ1n) is 4.27. The quantitative estimate of drug-likeness (QED) is 0.617. The standard InChI is InChI=1S/C10H12N2/c1-7(2)10-8-4-3-5-11-9(8)6-12-10/h3-5,7H,6H2,1-2H3. The SMILES string of the molecule is CC(C)C1=NCc2ncccc21. The van der Waals surface area contributed by atoms with Gasteiger partial charge in [-0.1, -0.05) is 13.8 Å². The number of aliphatic imine (C=N–C) groups is 1. The van der Waals surface area contributed by atoms with Gasteiger partial charge in [-0.3, -0.25) is 9.98 Å². The van der Waals surface area contributed by atoms with Crippen LogP contribution < -0.4 is 0 Å². The Morgan fingerprint density at radius 3 is 3.00 bits per heavy atom. The van der Waals surface area contributed by atoms with Crippen molar-refractivity contribution in [3.05, 3.63) is 29.6 Å². The molecule has 0 saturated carbocycles. The summed E-state index contributed by atoms with van der Waals surface area (Å²) >= 11 is 0. The maximum Gasteiger partial charge on any atom is 0.0822 e. The van der Waals surface area contributed by atoms with Crippen molar-refractivity contribution in [3.63, 3.8) is 0 Å². The van der Waals surface area contributed by atoms with E-state index >= 15 is 0 Å². The van der Waals surface area contributed by atoms with Crippen LogP contribution in [0.15, 0.2) is 23.3 Å². The highest BCUT2D eigenvalue weighted by atomic mass is 14.8. The molecule has 0 aromatic carbocycles. The summed E-state index contributed by atoms with van der Waals surface area (Å²) < 4.78 is 0. The molecule has 0 bridgehead atoms. The van der Waals surface area contributed by atoms with Crippen LogP contribution in [0.3, 0.4) is 0 Å². The number of rotatable bonds is 1. The van der Waals surface area contributed by atoms with Gasteiger partial charge in [0.15, 0.2) is 0 Å². The van der Waals surface area contributed by atoms with Gasteiger partial charge in [-0.05, 0) is 18.1 Å². The molecule has 2 nitrogen and oxygen atoms in total. The molecule has 0 unspecified atom stereocenters. The highest BCUT2D eigenvalue weighted by Gasteiger charge is 2.17. The van der Waals surface area contributed by atoms with Crippen molar-refractivity contribution in [1.29, 1.82) is 0 Å². The molecule has 2 heteroatoms. The average molecular weight is 160 g/mol. The van der Waals surface area contributed by atoms with Crippen molar-refractivity contribution in [2.45, 2.75) is 20.4 Å². The van der Waals surface area contributed by atoms with Gasteiger partial charge in [-0.2, -0.15) is 0 Å². The smallest absolute Gasteiger partial charge is 0.0822 e. The summed E-state index contributed by atoms with van der Waals surface area (Å²) in [5.41, 5.74) is 3.58. The van der Waals surface area contributed by atoms with Gasteiger partial charge in [0.2, 0.25) is 0 Å². The normalized spacial score (nSPS) is 14.8. The van der Waals surface area contributed by atoms with E-state index in [-0.39, 0.29) is 0 Å². The lowest BCUT2D eigenvalue weighted by atomic mass is 10.0. The fraction of sp³-hybridized carbons (Fsp3) is 0.400. The van der Waals surface area contributed by atoms with E-state index in [9.17, 15) is 0 Å². The molecule has 2 rings (SSSR count). The number of pyridine rings is 1. The highest BCUT2D eigenvalue weighted by molar-refractivity contribution is 6.04. The second-order valence-electron chi connectivity index (χ2n) is 3.35. The van der Waals surface area contributed by atoms with Crippen LogP contribution in [-0.4, -0.2) is 10.7 Å². The lowest BCUT2D eigenvalue weighted by Crippen LogP contribution is -2.06. The minimum Gasteiger partial charge on any atom is -0.282 e. The molecule has 2 heterocycles. The largest absolute Gasteiger partial charge is 0.282 e. The Balaban J connectivity index is 2.45. The zero-order valence-electron chi connectivity index (χ0n) is 7.41. The van der Waals surface area contributed by atoms with Gasteiger partial charge in [0.05, 0.1) is 12.2 Å². The summed E-state index contributed by atoms with van der Waals surface area (Å²) in [6.45, 7) is 5.10. The van der Waals surface area contributed by atoms with E-state index in [1.165, 1.54) is 11.3 Å². The van der Waals surface area contributed by atoms with Crippen LogP contribution in [0.25, 0.3) is 0 Å². The van der Waals surface area contributed by atoms with E-state index in [4.69, 9.17) is 0 Å². The van der Waals surface area contributed by atoms with Gasteiger partial charge in [-0.25, -0.2) is 0 Å². The van der Waals surface area contributed by atoms with Crippen molar-refractivity contribution in [2.75, 3.05) is 0 Å². The Morgan fingerprint density at radius 2 is 2.25 bits per heavy atom. The molecule has 1 aromatic rings. The number of aromatic nitrogens is 1. The third-order valence-electron chi connectivity index (χ3n) is 2.11. The van der Waals surface area contributed by atoms with Crippen LogP contribution in [-0.2, 0) is 6.54 Å². The molecular formula is C10H12N2. The van der Waals surface area contributed by atoms with E-state index < -0.39 is 0 Å². The zero-order valence-corrected chi connectivity index (χ0v) is 7.41. The zero-order chi connectivity index (χ0) is 8.55. The minimum atomic E-state index is 0.510. The van der Waals surface area contributed by atoms with Gasteiger partial charge >= 0.3 is 0 Å². The van der Waals surface area contributed by atoms with Crippen molar-refractivity contribution < 1.29 is 0 Å². The van der Waals surface area contributed by atoms with Gasteiger partial charge in [0.25, 0.3) is 0 Å². The van der Waals surface area contributed by atoms with E-state index in [1.54, 1.807) is 0 Å². The van der Waals surface area contributed by atoms with E-state index in [0.717, 1.165) is 12.2 Å². The summed E-state index contributed by atoms with van der Waals surface area (Å²) in [5, 5.41) is 0. The molecule has 62 valence electrons. The molecular weight excluding hydrogens is 148 g/mol. The second-order valence-corrected chi connectivity index (χ2v) is 3.35. The van der Waals surface area contributed by atoms with E-state index in [2.05, 4.69) is 29.9 Å². The molecule has 1 aliphatic rings. The summed E-state index contributed by atoms with van der Waals surface area (Å²) in [6, 6.07) is 4.08. The van der Waals surface area contributed by atoms with E-state index in [1.807, 2.05) is 12.3 Å². The van der Waals surface area contributed by atoms with Gasteiger partial charge in [-0.15, -0.1) is 0 Å². The Labute approximate surface area is 72.4 Å². The number of fused-ring (bicyclic) bond motifs is 1. The molecule has 0 fully saturated rings. The van der Waals surface area contributed by atoms with Crippen molar-refractivity contribution in [3.8, 4) is 0 Å². The van der Waals surface area contributed by atoms with Gasteiger partial charge in [0.1, 0.15) is 0 Å². The first kappa shape index (κ1) is 7.47. The van der Waals surface area contributed by atoms with Crippen LogP contribution in [0.2, 0.25) is 0 Å². The molecule has 1 aromatic heterocycles. The Bertz CT molecular complexity index is 326.